The Morgan fingerprint density at radius 3 is 2.48 bits per heavy atom. The van der Waals surface area contributed by atoms with Crippen LogP contribution in [0.3, 0.4) is 0 Å². The summed E-state index contributed by atoms with van der Waals surface area (Å²) in [5.41, 5.74) is -0.0234. The molecule has 0 aromatic rings. The Hall–Kier alpha value is -0.910. The lowest BCUT2D eigenvalue weighted by Crippen LogP contribution is -2.52. The standard InChI is InChI=1S/C15H28N2O3S/c1-14(2,3)9-11(8-12(18)19)16-13(20)17-6-7-21-15(4,5)10-17/h11H,6-10H2,1-5H3,(H,16,20)(H,18,19). The normalized spacial score (nSPS) is 20.0. The van der Waals surface area contributed by atoms with E-state index in [1.54, 1.807) is 4.90 Å². The molecule has 1 atom stereocenters. The topological polar surface area (TPSA) is 69.6 Å². The Morgan fingerprint density at radius 2 is 2.00 bits per heavy atom. The molecule has 1 unspecified atom stereocenters. The third-order valence-corrected chi connectivity index (χ3v) is 4.62. The average Bonchev–Trinajstić information content (AvgIpc) is 2.23. The van der Waals surface area contributed by atoms with E-state index >= 15 is 0 Å². The first-order valence-electron chi connectivity index (χ1n) is 7.40. The van der Waals surface area contributed by atoms with Crippen molar-refractivity contribution >= 4 is 23.8 Å². The van der Waals surface area contributed by atoms with Crippen molar-refractivity contribution in [3.63, 3.8) is 0 Å². The minimum atomic E-state index is -0.876. The van der Waals surface area contributed by atoms with Gasteiger partial charge in [0.1, 0.15) is 0 Å². The smallest absolute Gasteiger partial charge is 0.317 e. The number of carbonyl (C=O) groups is 2. The van der Waals surface area contributed by atoms with Gasteiger partial charge in [-0.1, -0.05) is 20.8 Å². The van der Waals surface area contributed by atoms with Crippen LogP contribution in [0.1, 0.15) is 47.5 Å². The molecule has 0 saturated carbocycles. The summed E-state index contributed by atoms with van der Waals surface area (Å²) in [6.07, 6.45) is 0.617. The quantitative estimate of drug-likeness (QED) is 0.837. The number of amides is 2. The number of thioether (sulfide) groups is 1. The highest BCUT2D eigenvalue weighted by Gasteiger charge is 2.31. The molecule has 0 aromatic carbocycles. The van der Waals surface area contributed by atoms with Crippen molar-refractivity contribution in [3.05, 3.63) is 0 Å². The summed E-state index contributed by atoms with van der Waals surface area (Å²) in [5, 5.41) is 11.9. The lowest BCUT2D eigenvalue weighted by atomic mass is 9.87. The third-order valence-electron chi connectivity index (χ3n) is 3.32. The number of carboxylic acid groups (broad SMARTS) is 1. The molecule has 0 aromatic heterocycles. The van der Waals surface area contributed by atoms with Gasteiger partial charge in [-0.05, 0) is 25.7 Å². The second-order valence-corrected chi connectivity index (χ2v) is 9.34. The van der Waals surface area contributed by atoms with E-state index in [9.17, 15) is 9.59 Å². The fourth-order valence-corrected chi connectivity index (χ4v) is 3.69. The number of hydrogen-bond donors (Lipinski definition) is 2. The maximum atomic E-state index is 12.4. The third kappa shape index (κ3) is 7.07. The number of urea groups is 1. The Balaban J connectivity index is 2.64. The van der Waals surface area contributed by atoms with E-state index in [1.807, 2.05) is 11.8 Å². The molecule has 1 rings (SSSR count). The zero-order valence-electron chi connectivity index (χ0n) is 13.7. The molecule has 0 bridgehead atoms. The molecule has 6 heteroatoms. The zero-order valence-corrected chi connectivity index (χ0v) is 14.5. The monoisotopic (exact) mass is 316 g/mol. The number of aliphatic carboxylic acids is 1. The molecule has 21 heavy (non-hydrogen) atoms. The van der Waals surface area contributed by atoms with Crippen molar-refractivity contribution in [2.24, 2.45) is 5.41 Å². The van der Waals surface area contributed by atoms with E-state index < -0.39 is 5.97 Å². The van der Waals surface area contributed by atoms with Crippen molar-refractivity contribution in [3.8, 4) is 0 Å². The van der Waals surface area contributed by atoms with Crippen molar-refractivity contribution in [2.45, 2.75) is 58.2 Å². The van der Waals surface area contributed by atoms with Gasteiger partial charge in [0.15, 0.2) is 0 Å². The summed E-state index contributed by atoms with van der Waals surface area (Å²) in [6, 6.07) is -0.466. The number of rotatable bonds is 4. The number of carboxylic acids is 1. The van der Waals surface area contributed by atoms with Gasteiger partial charge in [-0.25, -0.2) is 4.79 Å². The van der Waals surface area contributed by atoms with E-state index in [4.69, 9.17) is 5.11 Å². The largest absolute Gasteiger partial charge is 0.481 e. The van der Waals surface area contributed by atoms with E-state index in [0.29, 0.717) is 13.0 Å². The first-order chi connectivity index (χ1) is 9.48. The van der Waals surface area contributed by atoms with Gasteiger partial charge in [-0.15, -0.1) is 0 Å². The van der Waals surface area contributed by atoms with Crippen molar-refractivity contribution < 1.29 is 14.7 Å². The van der Waals surface area contributed by atoms with Crippen LogP contribution >= 0.6 is 11.8 Å². The summed E-state index contributed by atoms with van der Waals surface area (Å²) in [6.45, 7) is 11.8. The van der Waals surface area contributed by atoms with Crippen molar-refractivity contribution in [1.29, 1.82) is 0 Å². The molecule has 1 aliphatic heterocycles. The molecule has 0 spiro atoms. The molecular formula is C15H28N2O3S. The fourth-order valence-electron chi connectivity index (χ4n) is 2.58. The highest BCUT2D eigenvalue weighted by molar-refractivity contribution is 8.00. The molecule has 1 aliphatic rings. The van der Waals surface area contributed by atoms with E-state index in [2.05, 4.69) is 39.9 Å². The number of hydrogen-bond acceptors (Lipinski definition) is 3. The molecule has 2 amide bonds. The number of nitrogens with one attached hydrogen (secondary N) is 1. The van der Waals surface area contributed by atoms with Gasteiger partial charge in [0.25, 0.3) is 0 Å². The first kappa shape index (κ1) is 18.1. The molecular weight excluding hydrogens is 288 g/mol. The second-order valence-electron chi connectivity index (χ2n) is 7.54. The van der Waals surface area contributed by atoms with Crippen LogP contribution in [0, 0.1) is 5.41 Å². The maximum Gasteiger partial charge on any atom is 0.317 e. The summed E-state index contributed by atoms with van der Waals surface area (Å²) < 4.78 is 0.0575. The zero-order chi connectivity index (χ0) is 16.3. The van der Waals surface area contributed by atoms with Gasteiger partial charge in [0.05, 0.1) is 6.42 Å². The van der Waals surface area contributed by atoms with Crippen molar-refractivity contribution in [2.75, 3.05) is 18.8 Å². The van der Waals surface area contributed by atoms with E-state index in [0.717, 1.165) is 12.3 Å². The van der Waals surface area contributed by atoms with Crippen LogP contribution in [0.2, 0.25) is 0 Å². The summed E-state index contributed by atoms with van der Waals surface area (Å²) in [5.74, 6) is 0.0441. The molecule has 1 heterocycles. The highest BCUT2D eigenvalue weighted by Crippen LogP contribution is 2.29. The highest BCUT2D eigenvalue weighted by atomic mass is 32.2. The van der Waals surface area contributed by atoms with Crippen LogP contribution in [0.5, 0.6) is 0 Å². The lowest BCUT2D eigenvalue weighted by molar-refractivity contribution is -0.137. The Morgan fingerprint density at radius 1 is 1.38 bits per heavy atom. The van der Waals surface area contributed by atoms with Crippen LogP contribution in [0.25, 0.3) is 0 Å². The average molecular weight is 316 g/mol. The maximum absolute atomic E-state index is 12.4. The van der Waals surface area contributed by atoms with Crippen LogP contribution in [0.4, 0.5) is 4.79 Å². The van der Waals surface area contributed by atoms with Crippen molar-refractivity contribution in [1.82, 2.24) is 10.2 Å². The molecule has 0 radical (unpaired) electrons. The Kier molecular flexibility index (Phi) is 5.96. The first-order valence-corrected chi connectivity index (χ1v) is 8.38. The fraction of sp³-hybridized carbons (Fsp3) is 0.867. The van der Waals surface area contributed by atoms with E-state index in [1.165, 1.54) is 0 Å². The minimum Gasteiger partial charge on any atom is -0.481 e. The Labute approximate surface area is 131 Å². The van der Waals surface area contributed by atoms with Gasteiger partial charge in [-0.3, -0.25) is 4.79 Å². The predicted molar refractivity (Wildman–Crippen MR) is 86.8 cm³/mol. The van der Waals surface area contributed by atoms with Gasteiger partial charge in [0, 0.05) is 29.6 Å². The van der Waals surface area contributed by atoms with Crippen LogP contribution in [-0.2, 0) is 4.79 Å². The molecule has 5 nitrogen and oxygen atoms in total. The van der Waals surface area contributed by atoms with Crippen LogP contribution < -0.4 is 5.32 Å². The molecule has 1 fully saturated rings. The predicted octanol–water partition coefficient (Wildman–Crippen LogP) is 2.80. The van der Waals surface area contributed by atoms with E-state index in [-0.39, 0.29) is 28.7 Å². The second kappa shape index (κ2) is 6.90. The van der Waals surface area contributed by atoms with Gasteiger partial charge in [-0.2, -0.15) is 11.8 Å². The summed E-state index contributed by atoms with van der Waals surface area (Å²) in [4.78, 5) is 25.2. The summed E-state index contributed by atoms with van der Waals surface area (Å²) in [7, 11) is 0. The van der Waals surface area contributed by atoms with Gasteiger partial charge in [0.2, 0.25) is 0 Å². The SMILES string of the molecule is CC(C)(C)CC(CC(=O)O)NC(=O)N1CCSC(C)(C)C1. The Bertz CT molecular complexity index is 391. The van der Waals surface area contributed by atoms with Gasteiger partial charge < -0.3 is 15.3 Å². The van der Waals surface area contributed by atoms with Crippen LogP contribution in [-0.4, -0.2) is 51.6 Å². The number of carbonyl (C=O) groups excluding carboxylic acids is 1. The molecule has 122 valence electrons. The molecule has 0 aliphatic carbocycles. The molecule has 1 saturated heterocycles. The van der Waals surface area contributed by atoms with Crippen LogP contribution in [0.15, 0.2) is 0 Å². The van der Waals surface area contributed by atoms with Gasteiger partial charge >= 0.3 is 12.0 Å². The minimum absolute atomic E-state index is 0.0234. The lowest BCUT2D eigenvalue weighted by Gasteiger charge is -2.38. The summed E-state index contributed by atoms with van der Waals surface area (Å²) >= 11 is 1.87. The number of nitrogens with zero attached hydrogens (tertiary/aromatic N) is 1. The molecule has 2 N–H and O–H groups in total.